The highest BCUT2D eigenvalue weighted by Crippen LogP contribution is 2.23. The van der Waals surface area contributed by atoms with E-state index in [1.54, 1.807) is 0 Å². The van der Waals surface area contributed by atoms with Crippen LogP contribution < -0.4 is 5.32 Å². The van der Waals surface area contributed by atoms with Crippen molar-refractivity contribution in [1.29, 1.82) is 0 Å². The third-order valence-corrected chi connectivity index (χ3v) is 4.32. The lowest BCUT2D eigenvalue weighted by atomic mass is 9.91. The van der Waals surface area contributed by atoms with Crippen LogP contribution in [0.25, 0.3) is 0 Å². The van der Waals surface area contributed by atoms with Gasteiger partial charge in [-0.3, -0.25) is 0 Å². The second kappa shape index (κ2) is 6.82. The van der Waals surface area contributed by atoms with E-state index in [0.717, 1.165) is 32.4 Å². The number of likely N-dealkylation sites (tertiary alicyclic amines) is 1. The van der Waals surface area contributed by atoms with Gasteiger partial charge in [0.25, 0.3) is 0 Å². The smallest absolute Gasteiger partial charge is 0.410 e. The van der Waals surface area contributed by atoms with Crippen LogP contribution in [-0.2, 0) is 4.74 Å². The summed E-state index contributed by atoms with van der Waals surface area (Å²) in [5.74, 6) is 0.520. The number of carbonyl (C=O) groups is 1. The molecule has 1 heterocycles. The Labute approximate surface area is 128 Å². The predicted octanol–water partition coefficient (Wildman–Crippen LogP) is 3.33. The van der Waals surface area contributed by atoms with Crippen LogP contribution in [0.5, 0.6) is 0 Å². The average molecular weight is 294 g/mol. The van der Waals surface area contributed by atoms with Gasteiger partial charge in [-0.2, -0.15) is 0 Å². The van der Waals surface area contributed by atoms with Crippen LogP contribution >= 0.6 is 0 Å². The van der Waals surface area contributed by atoms with Gasteiger partial charge in [-0.1, -0.05) is 12.2 Å². The molecular weight excluding hydrogens is 264 g/mol. The normalized spacial score (nSPS) is 25.1. The van der Waals surface area contributed by atoms with Crippen LogP contribution in [0.3, 0.4) is 0 Å². The van der Waals surface area contributed by atoms with Gasteiger partial charge in [0.1, 0.15) is 5.60 Å². The first-order valence-electron chi connectivity index (χ1n) is 8.24. The first-order valence-corrected chi connectivity index (χ1v) is 8.24. The van der Waals surface area contributed by atoms with Gasteiger partial charge in [-0.25, -0.2) is 4.79 Å². The molecule has 0 aromatic rings. The number of rotatable bonds is 3. The van der Waals surface area contributed by atoms with Crippen LogP contribution in [0, 0.1) is 5.92 Å². The van der Waals surface area contributed by atoms with E-state index in [0.29, 0.717) is 18.0 Å². The number of amides is 1. The second-order valence-electron chi connectivity index (χ2n) is 7.42. The lowest BCUT2D eigenvalue weighted by Crippen LogP contribution is -2.49. The van der Waals surface area contributed by atoms with Crippen molar-refractivity contribution in [3.63, 3.8) is 0 Å². The number of ether oxygens (including phenoxy) is 1. The molecule has 0 spiro atoms. The molecule has 0 bridgehead atoms. The highest BCUT2D eigenvalue weighted by Gasteiger charge is 2.30. The molecular formula is C17H30N2O2. The van der Waals surface area contributed by atoms with Crippen molar-refractivity contribution in [3.8, 4) is 0 Å². The van der Waals surface area contributed by atoms with Crippen molar-refractivity contribution in [1.82, 2.24) is 10.2 Å². The minimum atomic E-state index is -0.413. The van der Waals surface area contributed by atoms with Crippen LogP contribution in [0.15, 0.2) is 12.2 Å². The van der Waals surface area contributed by atoms with E-state index >= 15 is 0 Å². The zero-order valence-corrected chi connectivity index (χ0v) is 13.9. The summed E-state index contributed by atoms with van der Waals surface area (Å²) in [6, 6.07) is 1.03. The lowest BCUT2D eigenvalue weighted by molar-refractivity contribution is 0.0146. The molecule has 0 aromatic heterocycles. The molecule has 1 aliphatic carbocycles. The SMILES string of the molecule is CC(NC1CC=CC1)C1CCCN(C(=O)OC(C)(C)C)C1. The maximum Gasteiger partial charge on any atom is 0.410 e. The molecule has 1 aliphatic heterocycles. The Bertz CT molecular complexity index is 379. The number of piperidine rings is 1. The van der Waals surface area contributed by atoms with E-state index in [4.69, 9.17) is 4.74 Å². The molecule has 1 N–H and O–H groups in total. The van der Waals surface area contributed by atoms with E-state index in [9.17, 15) is 4.79 Å². The monoisotopic (exact) mass is 294 g/mol. The Balaban J connectivity index is 1.83. The third kappa shape index (κ3) is 5.03. The molecule has 1 fully saturated rings. The molecule has 0 saturated carbocycles. The highest BCUT2D eigenvalue weighted by molar-refractivity contribution is 5.68. The Morgan fingerprint density at radius 2 is 2.00 bits per heavy atom. The van der Waals surface area contributed by atoms with E-state index in [1.807, 2.05) is 25.7 Å². The highest BCUT2D eigenvalue weighted by atomic mass is 16.6. The summed E-state index contributed by atoms with van der Waals surface area (Å²) in [5, 5.41) is 3.71. The van der Waals surface area contributed by atoms with E-state index in [1.165, 1.54) is 6.42 Å². The summed E-state index contributed by atoms with van der Waals surface area (Å²) >= 11 is 0. The van der Waals surface area contributed by atoms with Crippen molar-refractivity contribution in [2.75, 3.05) is 13.1 Å². The molecule has 4 nitrogen and oxygen atoms in total. The summed E-state index contributed by atoms with van der Waals surface area (Å²) in [5.41, 5.74) is -0.413. The van der Waals surface area contributed by atoms with Crippen LogP contribution in [-0.4, -0.2) is 41.8 Å². The van der Waals surface area contributed by atoms with E-state index in [-0.39, 0.29) is 6.09 Å². The van der Waals surface area contributed by atoms with Crippen molar-refractivity contribution in [2.45, 2.75) is 71.1 Å². The molecule has 1 amide bonds. The fourth-order valence-corrected chi connectivity index (χ4v) is 3.17. The zero-order valence-electron chi connectivity index (χ0n) is 13.9. The van der Waals surface area contributed by atoms with Gasteiger partial charge in [0.15, 0.2) is 0 Å². The molecule has 2 atom stereocenters. The molecule has 0 radical (unpaired) electrons. The summed E-state index contributed by atoms with van der Waals surface area (Å²) in [6.07, 6.45) is 8.85. The summed E-state index contributed by atoms with van der Waals surface area (Å²) in [6.45, 7) is 9.64. The summed E-state index contributed by atoms with van der Waals surface area (Å²) in [4.78, 5) is 14.1. The molecule has 0 aromatic carbocycles. The molecule has 2 aliphatic rings. The fourth-order valence-electron chi connectivity index (χ4n) is 3.17. The van der Waals surface area contributed by atoms with Gasteiger partial charge in [0, 0.05) is 25.2 Å². The van der Waals surface area contributed by atoms with Gasteiger partial charge in [-0.15, -0.1) is 0 Å². The Kier molecular flexibility index (Phi) is 5.31. The van der Waals surface area contributed by atoms with Gasteiger partial charge >= 0.3 is 6.09 Å². The van der Waals surface area contributed by atoms with Crippen molar-refractivity contribution < 1.29 is 9.53 Å². The predicted molar refractivity (Wildman–Crippen MR) is 85.3 cm³/mol. The van der Waals surface area contributed by atoms with Gasteiger partial charge in [-0.05, 0) is 59.3 Å². The fraction of sp³-hybridized carbons (Fsp3) is 0.824. The summed E-state index contributed by atoms with van der Waals surface area (Å²) < 4.78 is 5.50. The average Bonchev–Trinajstić information content (AvgIpc) is 2.90. The number of nitrogens with zero attached hydrogens (tertiary/aromatic N) is 1. The second-order valence-corrected chi connectivity index (χ2v) is 7.42. The number of carbonyl (C=O) groups excluding carboxylic acids is 1. The molecule has 2 unspecified atom stereocenters. The zero-order chi connectivity index (χ0) is 15.5. The Hall–Kier alpha value is -1.03. The van der Waals surface area contributed by atoms with Gasteiger partial charge < -0.3 is 15.0 Å². The Morgan fingerprint density at radius 3 is 2.62 bits per heavy atom. The maximum atomic E-state index is 12.2. The van der Waals surface area contributed by atoms with Crippen LogP contribution in [0.1, 0.15) is 53.4 Å². The number of hydrogen-bond donors (Lipinski definition) is 1. The quantitative estimate of drug-likeness (QED) is 0.812. The summed E-state index contributed by atoms with van der Waals surface area (Å²) in [7, 11) is 0. The topological polar surface area (TPSA) is 41.6 Å². The molecule has 21 heavy (non-hydrogen) atoms. The molecule has 1 saturated heterocycles. The van der Waals surface area contributed by atoms with E-state index in [2.05, 4.69) is 24.4 Å². The molecule has 2 rings (SSSR count). The first kappa shape index (κ1) is 16.3. The van der Waals surface area contributed by atoms with Crippen LogP contribution in [0.2, 0.25) is 0 Å². The Morgan fingerprint density at radius 1 is 1.33 bits per heavy atom. The minimum absolute atomic E-state index is 0.165. The van der Waals surface area contributed by atoms with E-state index < -0.39 is 5.60 Å². The third-order valence-electron chi connectivity index (χ3n) is 4.32. The van der Waals surface area contributed by atoms with Gasteiger partial charge in [0.05, 0.1) is 0 Å². The standard InChI is InChI=1S/C17H30N2O2/c1-13(18-15-9-5-6-10-15)14-8-7-11-19(12-14)16(20)21-17(2,3)4/h5-6,13-15,18H,7-12H2,1-4H3. The van der Waals surface area contributed by atoms with Crippen molar-refractivity contribution in [2.24, 2.45) is 5.92 Å². The number of nitrogens with one attached hydrogen (secondary N) is 1. The first-order chi connectivity index (χ1) is 9.85. The minimum Gasteiger partial charge on any atom is -0.444 e. The van der Waals surface area contributed by atoms with Crippen LogP contribution in [0.4, 0.5) is 4.79 Å². The van der Waals surface area contributed by atoms with Crippen molar-refractivity contribution >= 4 is 6.09 Å². The number of hydrogen-bond acceptors (Lipinski definition) is 3. The molecule has 4 heteroatoms. The molecule has 120 valence electrons. The van der Waals surface area contributed by atoms with Crippen molar-refractivity contribution in [3.05, 3.63) is 12.2 Å². The lowest BCUT2D eigenvalue weighted by Gasteiger charge is -2.37. The van der Waals surface area contributed by atoms with Gasteiger partial charge in [0.2, 0.25) is 0 Å². The largest absolute Gasteiger partial charge is 0.444 e. The maximum absolute atomic E-state index is 12.2.